The predicted molar refractivity (Wildman–Crippen MR) is 102 cm³/mol. The van der Waals surface area contributed by atoms with Gasteiger partial charge in [0.1, 0.15) is 0 Å². The van der Waals surface area contributed by atoms with Gasteiger partial charge in [0.2, 0.25) is 0 Å². The summed E-state index contributed by atoms with van der Waals surface area (Å²) in [6.45, 7) is 9.92. The molecule has 1 aromatic carbocycles. The van der Waals surface area contributed by atoms with Crippen LogP contribution in [-0.2, 0) is 11.2 Å². The van der Waals surface area contributed by atoms with Crippen LogP contribution in [0.3, 0.4) is 0 Å². The van der Waals surface area contributed by atoms with Crippen LogP contribution in [0.25, 0.3) is 0 Å². The Kier molecular flexibility index (Phi) is 10.3. The first-order valence-electron chi connectivity index (χ1n) is 9.80. The van der Waals surface area contributed by atoms with Crippen molar-refractivity contribution in [2.45, 2.75) is 91.1 Å². The van der Waals surface area contributed by atoms with Crippen molar-refractivity contribution in [3.8, 4) is 0 Å². The minimum atomic E-state index is 0.00795. The number of hydrogen-bond acceptors (Lipinski definition) is 1. The number of unbranched alkanes of at least 4 members (excludes halogenated alkanes) is 5. The zero-order valence-corrected chi connectivity index (χ0v) is 15.9. The maximum atomic E-state index is 6.21. The van der Waals surface area contributed by atoms with Crippen LogP contribution in [0, 0.1) is 5.92 Å². The third-order valence-electron chi connectivity index (χ3n) is 5.26. The Morgan fingerprint density at radius 2 is 1.61 bits per heavy atom. The van der Waals surface area contributed by atoms with Gasteiger partial charge >= 0.3 is 0 Å². The smallest absolute Gasteiger partial charge is 0.0682 e. The minimum Gasteiger partial charge on any atom is -0.375 e. The van der Waals surface area contributed by atoms with Crippen LogP contribution >= 0.6 is 0 Å². The maximum Gasteiger partial charge on any atom is 0.0682 e. The van der Waals surface area contributed by atoms with Gasteiger partial charge in [0.05, 0.1) is 5.60 Å². The Morgan fingerprint density at radius 1 is 0.957 bits per heavy atom. The largest absolute Gasteiger partial charge is 0.375 e. The van der Waals surface area contributed by atoms with E-state index < -0.39 is 0 Å². The summed E-state index contributed by atoms with van der Waals surface area (Å²) < 4.78 is 6.21. The zero-order chi connectivity index (χ0) is 17.0. The van der Waals surface area contributed by atoms with E-state index >= 15 is 0 Å². The molecule has 0 aliphatic rings. The van der Waals surface area contributed by atoms with Crippen molar-refractivity contribution in [2.24, 2.45) is 5.92 Å². The first-order chi connectivity index (χ1) is 11.1. The van der Waals surface area contributed by atoms with Crippen molar-refractivity contribution < 1.29 is 4.74 Å². The summed E-state index contributed by atoms with van der Waals surface area (Å²) in [6.07, 6.45) is 11.8. The molecule has 0 amide bonds. The molecule has 0 saturated heterocycles. The second kappa shape index (κ2) is 11.7. The van der Waals surface area contributed by atoms with Crippen molar-refractivity contribution >= 4 is 0 Å². The van der Waals surface area contributed by atoms with Gasteiger partial charge in [-0.3, -0.25) is 0 Å². The summed E-state index contributed by atoms with van der Waals surface area (Å²) in [7, 11) is 0. The van der Waals surface area contributed by atoms with Crippen LogP contribution in [0.1, 0.15) is 84.6 Å². The Morgan fingerprint density at radius 3 is 2.26 bits per heavy atom. The van der Waals surface area contributed by atoms with E-state index in [0.717, 1.165) is 19.4 Å². The van der Waals surface area contributed by atoms with E-state index in [1.54, 1.807) is 0 Å². The van der Waals surface area contributed by atoms with Gasteiger partial charge in [0.15, 0.2) is 0 Å². The number of aryl methyl sites for hydroxylation is 1. The number of rotatable bonds is 13. The molecule has 0 radical (unpaired) electrons. The lowest BCUT2D eigenvalue weighted by Crippen LogP contribution is -2.37. The molecule has 0 N–H and O–H groups in total. The Balaban J connectivity index is 2.40. The molecule has 0 saturated carbocycles. The molecule has 0 heterocycles. The third kappa shape index (κ3) is 8.01. The summed E-state index contributed by atoms with van der Waals surface area (Å²) in [4.78, 5) is 0. The molecule has 23 heavy (non-hydrogen) atoms. The molecule has 0 spiro atoms. The van der Waals surface area contributed by atoms with Crippen LogP contribution in [-0.4, -0.2) is 12.2 Å². The second-order valence-corrected chi connectivity index (χ2v) is 7.19. The average Bonchev–Trinajstić information content (AvgIpc) is 2.57. The van der Waals surface area contributed by atoms with Gasteiger partial charge in [-0.15, -0.1) is 0 Å². The Hall–Kier alpha value is -0.820. The van der Waals surface area contributed by atoms with Gasteiger partial charge in [-0.2, -0.15) is 0 Å². The zero-order valence-electron chi connectivity index (χ0n) is 15.9. The SMILES string of the molecule is CCCCCCCCC(C)C(C)(CCc1ccccc1)OCC. The summed E-state index contributed by atoms with van der Waals surface area (Å²) in [5.74, 6) is 0.623. The van der Waals surface area contributed by atoms with Crippen LogP contribution in [0.2, 0.25) is 0 Å². The van der Waals surface area contributed by atoms with E-state index in [1.165, 1.54) is 50.5 Å². The van der Waals surface area contributed by atoms with Crippen LogP contribution in [0.15, 0.2) is 30.3 Å². The van der Waals surface area contributed by atoms with Gasteiger partial charge in [-0.05, 0) is 44.6 Å². The van der Waals surface area contributed by atoms with Crippen molar-refractivity contribution in [3.05, 3.63) is 35.9 Å². The molecule has 1 heteroatoms. The van der Waals surface area contributed by atoms with Crippen molar-refractivity contribution in [1.82, 2.24) is 0 Å². The fraction of sp³-hybridized carbons (Fsp3) is 0.727. The molecule has 2 unspecified atom stereocenters. The topological polar surface area (TPSA) is 9.23 Å². The highest BCUT2D eigenvalue weighted by Gasteiger charge is 2.30. The molecular formula is C22H38O. The maximum absolute atomic E-state index is 6.21. The van der Waals surface area contributed by atoms with Crippen LogP contribution < -0.4 is 0 Å². The summed E-state index contributed by atoms with van der Waals surface area (Å²) in [6, 6.07) is 10.8. The molecule has 132 valence electrons. The molecule has 2 atom stereocenters. The number of benzene rings is 1. The van der Waals surface area contributed by atoms with Crippen molar-refractivity contribution in [3.63, 3.8) is 0 Å². The van der Waals surface area contributed by atoms with E-state index in [4.69, 9.17) is 4.74 Å². The lowest BCUT2D eigenvalue weighted by Gasteiger charge is -2.36. The summed E-state index contributed by atoms with van der Waals surface area (Å²) in [5.41, 5.74) is 1.43. The van der Waals surface area contributed by atoms with Crippen LogP contribution in [0.4, 0.5) is 0 Å². The summed E-state index contributed by atoms with van der Waals surface area (Å²) in [5, 5.41) is 0. The molecule has 0 fully saturated rings. The van der Waals surface area contributed by atoms with Gasteiger partial charge in [-0.25, -0.2) is 0 Å². The number of hydrogen-bond donors (Lipinski definition) is 0. The fourth-order valence-corrected chi connectivity index (χ4v) is 3.36. The van der Waals surface area contributed by atoms with Gasteiger partial charge in [0, 0.05) is 6.61 Å². The van der Waals surface area contributed by atoms with Crippen LogP contribution in [0.5, 0.6) is 0 Å². The van der Waals surface area contributed by atoms with Crippen molar-refractivity contribution in [1.29, 1.82) is 0 Å². The average molecular weight is 319 g/mol. The molecule has 1 nitrogen and oxygen atoms in total. The second-order valence-electron chi connectivity index (χ2n) is 7.19. The van der Waals surface area contributed by atoms with Gasteiger partial charge < -0.3 is 4.74 Å². The van der Waals surface area contributed by atoms with E-state index in [2.05, 4.69) is 58.0 Å². The quantitative estimate of drug-likeness (QED) is 0.363. The summed E-state index contributed by atoms with van der Waals surface area (Å²) >= 11 is 0. The van der Waals surface area contributed by atoms with E-state index in [0.29, 0.717) is 5.92 Å². The fourth-order valence-electron chi connectivity index (χ4n) is 3.36. The Bertz CT molecular complexity index is 386. The van der Waals surface area contributed by atoms with E-state index in [-0.39, 0.29) is 5.60 Å². The standard InChI is InChI=1S/C22H38O/c1-5-7-8-9-10-12-15-20(3)22(4,23-6-2)19-18-21-16-13-11-14-17-21/h11,13-14,16-17,20H,5-10,12,15,18-19H2,1-4H3. The minimum absolute atomic E-state index is 0.00795. The molecule has 0 bridgehead atoms. The Labute approximate surface area is 144 Å². The lowest BCUT2D eigenvalue weighted by molar-refractivity contribution is -0.0718. The molecular weight excluding hydrogens is 280 g/mol. The normalized spacial score (nSPS) is 15.3. The monoisotopic (exact) mass is 318 g/mol. The van der Waals surface area contributed by atoms with Crippen molar-refractivity contribution in [2.75, 3.05) is 6.61 Å². The first kappa shape index (κ1) is 20.2. The highest BCUT2D eigenvalue weighted by atomic mass is 16.5. The first-order valence-corrected chi connectivity index (χ1v) is 9.80. The molecule has 1 rings (SSSR count). The van der Waals surface area contributed by atoms with E-state index in [1.807, 2.05) is 0 Å². The van der Waals surface area contributed by atoms with E-state index in [9.17, 15) is 0 Å². The van der Waals surface area contributed by atoms with Gasteiger partial charge in [0.25, 0.3) is 0 Å². The third-order valence-corrected chi connectivity index (χ3v) is 5.26. The molecule has 0 aliphatic carbocycles. The molecule has 0 aromatic heterocycles. The molecule has 0 aliphatic heterocycles. The lowest BCUT2D eigenvalue weighted by atomic mass is 9.82. The van der Waals surface area contributed by atoms with Gasteiger partial charge in [-0.1, -0.05) is 82.7 Å². The highest BCUT2D eigenvalue weighted by Crippen LogP contribution is 2.31. The predicted octanol–water partition coefficient (Wildman–Crippen LogP) is 6.80. The highest BCUT2D eigenvalue weighted by molar-refractivity contribution is 5.15. The molecule has 1 aromatic rings. The number of ether oxygens (including phenoxy) is 1.